The van der Waals surface area contributed by atoms with Crippen molar-refractivity contribution >= 4 is 0 Å². The van der Waals surface area contributed by atoms with Crippen molar-refractivity contribution in [3.05, 3.63) is 35.1 Å². The molecule has 0 aliphatic heterocycles. The van der Waals surface area contributed by atoms with Crippen LogP contribution in [0.2, 0.25) is 0 Å². The number of nitrogens with one attached hydrogen (secondary N) is 1. The zero-order valence-corrected chi connectivity index (χ0v) is 9.39. The van der Waals surface area contributed by atoms with Crippen LogP contribution in [-0.4, -0.2) is 13.6 Å². The standard InChI is InChI=1S/C13H18FN/c1-9-5-10-3-4-12(14)7-13(10)11(6-9)8-15-2/h3-4,7,9,11,15H,5-6,8H2,1-2H3. The number of benzene rings is 1. The highest BCUT2D eigenvalue weighted by Gasteiger charge is 2.24. The van der Waals surface area contributed by atoms with Crippen molar-refractivity contribution in [3.8, 4) is 0 Å². The third-order valence-electron chi connectivity index (χ3n) is 3.25. The molecule has 1 aromatic carbocycles. The van der Waals surface area contributed by atoms with E-state index in [9.17, 15) is 4.39 Å². The summed E-state index contributed by atoms with van der Waals surface area (Å²) in [5, 5.41) is 3.20. The van der Waals surface area contributed by atoms with E-state index in [0.29, 0.717) is 11.8 Å². The molecule has 1 nitrogen and oxygen atoms in total. The highest BCUT2D eigenvalue weighted by atomic mass is 19.1. The van der Waals surface area contributed by atoms with Crippen LogP contribution < -0.4 is 5.32 Å². The van der Waals surface area contributed by atoms with Crippen molar-refractivity contribution in [1.82, 2.24) is 5.32 Å². The fourth-order valence-corrected chi connectivity index (χ4v) is 2.64. The summed E-state index contributed by atoms with van der Waals surface area (Å²) in [4.78, 5) is 0. The van der Waals surface area contributed by atoms with E-state index in [0.717, 1.165) is 19.4 Å². The van der Waals surface area contributed by atoms with Gasteiger partial charge < -0.3 is 5.32 Å². The topological polar surface area (TPSA) is 12.0 Å². The molecule has 2 heteroatoms. The Hall–Kier alpha value is -0.890. The van der Waals surface area contributed by atoms with Gasteiger partial charge >= 0.3 is 0 Å². The summed E-state index contributed by atoms with van der Waals surface area (Å²) in [6.45, 7) is 3.22. The van der Waals surface area contributed by atoms with Crippen LogP contribution in [0.25, 0.3) is 0 Å². The minimum Gasteiger partial charge on any atom is -0.319 e. The molecule has 0 radical (unpaired) electrons. The maximum absolute atomic E-state index is 13.2. The van der Waals surface area contributed by atoms with Crippen molar-refractivity contribution in [2.75, 3.05) is 13.6 Å². The lowest BCUT2D eigenvalue weighted by atomic mass is 9.77. The number of fused-ring (bicyclic) bond motifs is 1. The number of halogens is 1. The van der Waals surface area contributed by atoms with Gasteiger partial charge in [-0.1, -0.05) is 13.0 Å². The lowest BCUT2D eigenvalue weighted by Gasteiger charge is -2.29. The molecule has 0 spiro atoms. The van der Waals surface area contributed by atoms with E-state index in [2.05, 4.69) is 12.2 Å². The predicted molar refractivity (Wildman–Crippen MR) is 60.6 cm³/mol. The van der Waals surface area contributed by atoms with Crippen LogP contribution in [0, 0.1) is 11.7 Å². The summed E-state index contributed by atoms with van der Waals surface area (Å²) in [6.07, 6.45) is 2.26. The monoisotopic (exact) mass is 207 g/mol. The number of likely N-dealkylation sites (N-methyl/N-ethyl adjacent to an activating group) is 1. The normalized spacial score (nSPS) is 25.0. The molecule has 2 rings (SSSR count). The van der Waals surface area contributed by atoms with Crippen molar-refractivity contribution < 1.29 is 4.39 Å². The van der Waals surface area contributed by atoms with Crippen LogP contribution in [0.5, 0.6) is 0 Å². The van der Waals surface area contributed by atoms with Gasteiger partial charge in [0.25, 0.3) is 0 Å². The third kappa shape index (κ3) is 2.20. The fraction of sp³-hybridized carbons (Fsp3) is 0.538. The molecular formula is C13H18FN. The van der Waals surface area contributed by atoms with Crippen molar-refractivity contribution in [2.45, 2.75) is 25.7 Å². The molecule has 0 amide bonds. The molecule has 0 saturated carbocycles. The Bertz CT molecular complexity index is 348. The summed E-state index contributed by atoms with van der Waals surface area (Å²) in [5.74, 6) is 1.08. The van der Waals surface area contributed by atoms with E-state index in [-0.39, 0.29) is 5.82 Å². The van der Waals surface area contributed by atoms with Gasteiger partial charge in [0, 0.05) is 6.54 Å². The highest BCUT2D eigenvalue weighted by molar-refractivity contribution is 5.34. The van der Waals surface area contributed by atoms with E-state index in [1.54, 1.807) is 12.1 Å². The molecule has 1 aromatic rings. The second-order valence-corrected chi connectivity index (χ2v) is 4.64. The van der Waals surface area contributed by atoms with Gasteiger partial charge in [-0.05, 0) is 55.0 Å². The first-order valence-corrected chi connectivity index (χ1v) is 5.63. The maximum atomic E-state index is 13.2. The molecule has 2 unspecified atom stereocenters. The molecule has 1 aliphatic rings. The van der Waals surface area contributed by atoms with Crippen LogP contribution in [0.15, 0.2) is 18.2 Å². The minimum absolute atomic E-state index is 0.107. The average Bonchev–Trinajstić information content (AvgIpc) is 2.19. The Labute approximate surface area is 90.7 Å². The van der Waals surface area contributed by atoms with Gasteiger partial charge in [0.2, 0.25) is 0 Å². The Kier molecular flexibility index (Phi) is 3.06. The average molecular weight is 207 g/mol. The minimum atomic E-state index is -0.107. The van der Waals surface area contributed by atoms with Crippen molar-refractivity contribution in [1.29, 1.82) is 0 Å². The van der Waals surface area contributed by atoms with Gasteiger partial charge in [-0.3, -0.25) is 0 Å². The largest absolute Gasteiger partial charge is 0.319 e. The van der Waals surface area contributed by atoms with Crippen LogP contribution in [0.3, 0.4) is 0 Å². The van der Waals surface area contributed by atoms with Gasteiger partial charge in [-0.2, -0.15) is 0 Å². The number of hydrogen-bond acceptors (Lipinski definition) is 1. The summed E-state index contributed by atoms with van der Waals surface area (Å²) in [6, 6.07) is 5.24. The summed E-state index contributed by atoms with van der Waals surface area (Å²) in [7, 11) is 1.96. The van der Waals surface area contributed by atoms with Crippen molar-refractivity contribution in [2.24, 2.45) is 5.92 Å². The Morgan fingerprint density at radius 3 is 3.00 bits per heavy atom. The lowest BCUT2D eigenvalue weighted by Crippen LogP contribution is -2.25. The first-order chi connectivity index (χ1) is 7.20. The zero-order valence-electron chi connectivity index (χ0n) is 9.39. The van der Waals surface area contributed by atoms with E-state index >= 15 is 0 Å². The second kappa shape index (κ2) is 4.31. The van der Waals surface area contributed by atoms with Gasteiger partial charge in [-0.25, -0.2) is 4.39 Å². The number of hydrogen-bond donors (Lipinski definition) is 1. The fourth-order valence-electron chi connectivity index (χ4n) is 2.64. The molecule has 82 valence electrons. The van der Waals surface area contributed by atoms with Crippen LogP contribution in [0.1, 0.15) is 30.4 Å². The zero-order chi connectivity index (χ0) is 10.8. The molecule has 0 saturated heterocycles. The van der Waals surface area contributed by atoms with Gasteiger partial charge in [0.1, 0.15) is 5.82 Å². The number of rotatable bonds is 2. The van der Waals surface area contributed by atoms with E-state index in [4.69, 9.17) is 0 Å². The molecule has 0 heterocycles. The van der Waals surface area contributed by atoms with Gasteiger partial charge in [0.15, 0.2) is 0 Å². The smallest absolute Gasteiger partial charge is 0.123 e. The predicted octanol–water partition coefficient (Wildman–Crippen LogP) is 2.71. The van der Waals surface area contributed by atoms with Crippen molar-refractivity contribution in [3.63, 3.8) is 0 Å². The molecule has 0 fully saturated rings. The van der Waals surface area contributed by atoms with Gasteiger partial charge in [-0.15, -0.1) is 0 Å². The summed E-state index contributed by atoms with van der Waals surface area (Å²) < 4.78 is 13.2. The van der Waals surface area contributed by atoms with E-state index < -0.39 is 0 Å². The third-order valence-corrected chi connectivity index (χ3v) is 3.25. The first-order valence-electron chi connectivity index (χ1n) is 5.63. The molecule has 2 atom stereocenters. The molecule has 1 aliphatic carbocycles. The highest BCUT2D eigenvalue weighted by Crippen LogP contribution is 2.34. The Morgan fingerprint density at radius 1 is 1.47 bits per heavy atom. The summed E-state index contributed by atoms with van der Waals surface area (Å²) in [5.41, 5.74) is 2.54. The lowest BCUT2D eigenvalue weighted by molar-refractivity contribution is 0.420. The van der Waals surface area contributed by atoms with Gasteiger partial charge in [0.05, 0.1) is 0 Å². The molecular weight excluding hydrogens is 189 g/mol. The molecule has 0 bridgehead atoms. The van der Waals surface area contributed by atoms with Crippen LogP contribution >= 0.6 is 0 Å². The Balaban J connectivity index is 2.34. The van der Waals surface area contributed by atoms with Crippen LogP contribution in [0.4, 0.5) is 4.39 Å². The SMILES string of the molecule is CNCC1CC(C)Cc2ccc(F)cc21. The molecule has 15 heavy (non-hydrogen) atoms. The Morgan fingerprint density at radius 2 is 2.27 bits per heavy atom. The molecule has 1 N–H and O–H groups in total. The van der Waals surface area contributed by atoms with E-state index in [1.165, 1.54) is 11.1 Å². The quantitative estimate of drug-likeness (QED) is 0.786. The first kappa shape index (κ1) is 10.6. The van der Waals surface area contributed by atoms with Crippen LogP contribution in [-0.2, 0) is 6.42 Å². The van der Waals surface area contributed by atoms with E-state index in [1.807, 2.05) is 13.1 Å². The summed E-state index contributed by atoms with van der Waals surface area (Å²) >= 11 is 0. The maximum Gasteiger partial charge on any atom is 0.123 e. The molecule has 0 aromatic heterocycles. The second-order valence-electron chi connectivity index (χ2n) is 4.64.